The average molecular weight is 270 g/mol. The molecule has 1 aromatic rings. The topological polar surface area (TPSA) is 32.3 Å². The third kappa shape index (κ3) is 2.60. The first-order chi connectivity index (χ1) is 7.31. The lowest BCUT2D eigenvalue weighted by Gasteiger charge is -2.13. The lowest BCUT2D eigenvalue weighted by atomic mass is 9.97. The van der Waals surface area contributed by atoms with Gasteiger partial charge in [0, 0.05) is 11.0 Å². The van der Waals surface area contributed by atoms with Crippen molar-refractivity contribution in [1.82, 2.24) is 5.48 Å². The summed E-state index contributed by atoms with van der Waals surface area (Å²) < 4.78 is 1.18. The molecular weight excluding hydrogens is 254 g/mol. The molecular formula is C12H16BrNO. The van der Waals surface area contributed by atoms with Gasteiger partial charge in [0.25, 0.3) is 0 Å². The highest BCUT2D eigenvalue weighted by molar-refractivity contribution is 9.10. The first-order valence-corrected chi connectivity index (χ1v) is 6.26. The molecule has 0 unspecified atom stereocenters. The number of hydroxylamine groups is 1. The molecule has 0 amide bonds. The van der Waals surface area contributed by atoms with Crippen molar-refractivity contribution in [3.8, 4) is 0 Å². The fourth-order valence-electron chi connectivity index (χ4n) is 2.34. The van der Waals surface area contributed by atoms with Gasteiger partial charge in [0.1, 0.15) is 0 Å². The maximum absolute atomic E-state index is 8.63. The van der Waals surface area contributed by atoms with Crippen LogP contribution in [0.5, 0.6) is 0 Å². The molecule has 0 bridgehead atoms. The molecule has 3 heteroatoms. The zero-order valence-corrected chi connectivity index (χ0v) is 10.3. The van der Waals surface area contributed by atoms with Crippen molar-refractivity contribution >= 4 is 15.9 Å². The van der Waals surface area contributed by atoms with Gasteiger partial charge in [-0.3, -0.25) is 0 Å². The molecule has 2 N–H and O–H groups in total. The molecule has 82 valence electrons. The van der Waals surface area contributed by atoms with Crippen molar-refractivity contribution in [1.29, 1.82) is 0 Å². The van der Waals surface area contributed by atoms with E-state index in [4.69, 9.17) is 5.21 Å². The van der Waals surface area contributed by atoms with Gasteiger partial charge in [-0.1, -0.05) is 40.9 Å². The Bertz CT molecular complexity index is 334. The van der Waals surface area contributed by atoms with Gasteiger partial charge in [-0.25, -0.2) is 5.48 Å². The van der Waals surface area contributed by atoms with Crippen LogP contribution in [0.1, 0.15) is 42.7 Å². The van der Waals surface area contributed by atoms with Crippen LogP contribution in [-0.2, 0) is 6.54 Å². The van der Waals surface area contributed by atoms with Gasteiger partial charge in [0.2, 0.25) is 0 Å². The highest BCUT2D eigenvalue weighted by atomic mass is 79.9. The normalized spacial score (nSPS) is 17.2. The highest BCUT2D eigenvalue weighted by Crippen LogP contribution is 2.37. The Balaban J connectivity index is 2.18. The Morgan fingerprint density at radius 1 is 1.33 bits per heavy atom. The van der Waals surface area contributed by atoms with E-state index in [1.807, 2.05) is 0 Å². The van der Waals surface area contributed by atoms with E-state index in [1.54, 1.807) is 0 Å². The van der Waals surface area contributed by atoms with Gasteiger partial charge in [0.15, 0.2) is 0 Å². The quantitative estimate of drug-likeness (QED) is 0.823. The van der Waals surface area contributed by atoms with Crippen molar-refractivity contribution in [2.45, 2.75) is 38.1 Å². The highest BCUT2D eigenvalue weighted by Gasteiger charge is 2.19. The summed E-state index contributed by atoms with van der Waals surface area (Å²) in [6.07, 6.45) is 5.35. The number of benzene rings is 1. The van der Waals surface area contributed by atoms with E-state index in [1.165, 1.54) is 35.7 Å². The predicted octanol–water partition coefficient (Wildman–Crippen LogP) is 3.59. The third-order valence-electron chi connectivity index (χ3n) is 3.14. The van der Waals surface area contributed by atoms with E-state index in [0.29, 0.717) is 6.54 Å². The van der Waals surface area contributed by atoms with E-state index >= 15 is 0 Å². The molecule has 0 aliphatic heterocycles. The summed E-state index contributed by atoms with van der Waals surface area (Å²) in [5.74, 6) is 0.732. The lowest BCUT2D eigenvalue weighted by molar-refractivity contribution is 0.161. The minimum atomic E-state index is 0.504. The standard InChI is InChI=1S/C12H16BrNO/c13-12-7-9(8-14-15)5-6-11(12)10-3-1-2-4-10/h5-7,10,14-15H,1-4,8H2. The maximum atomic E-state index is 8.63. The second-order valence-corrected chi connectivity index (χ2v) is 5.03. The monoisotopic (exact) mass is 269 g/mol. The van der Waals surface area contributed by atoms with Crippen molar-refractivity contribution < 1.29 is 5.21 Å². The Hall–Kier alpha value is -0.380. The lowest BCUT2D eigenvalue weighted by Crippen LogP contribution is -2.06. The van der Waals surface area contributed by atoms with Gasteiger partial charge in [-0.2, -0.15) is 0 Å². The fraction of sp³-hybridized carbons (Fsp3) is 0.500. The molecule has 0 saturated heterocycles. The maximum Gasteiger partial charge on any atom is 0.0458 e. The van der Waals surface area contributed by atoms with E-state index in [0.717, 1.165) is 11.5 Å². The molecule has 2 nitrogen and oxygen atoms in total. The summed E-state index contributed by atoms with van der Waals surface area (Å²) in [5.41, 5.74) is 4.71. The van der Waals surface area contributed by atoms with Crippen LogP contribution in [-0.4, -0.2) is 5.21 Å². The van der Waals surface area contributed by atoms with Gasteiger partial charge in [0.05, 0.1) is 0 Å². The van der Waals surface area contributed by atoms with Crippen LogP contribution < -0.4 is 5.48 Å². The van der Waals surface area contributed by atoms with Gasteiger partial charge < -0.3 is 5.21 Å². The minimum absolute atomic E-state index is 0.504. The van der Waals surface area contributed by atoms with Crippen LogP contribution in [0.4, 0.5) is 0 Å². The number of hydrogen-bond donors (Lipinski definition) is 2. The summed E-state index contributed by atoms with van der Waals surface area (Å²) in [5, 5.41) is 8.63. The molecule has 1 aliphatic rings. The summed E-state index contributed by atoms with van der Waals surface area (Å²) in [6, 6.07) is 6.37. The van der Waals surface area contributed by atoms with E-state index in [2.05, 4.69) is 39.6 Å². The van der Waals surface area contributed by atoms with Crippen LogP contribution in [0.25, 0.3) is 0 Å². The van der Waals surface area contributed by atoms with Gasteiger partial charge in [-0.15, -0.1) is 0 Å². The number of halogens is 1. The molecule has 0 radical (unpaired) electrons. The second-order valence-electron chi connectivity index (χ2n) is 4.17. The number of nitrogens with one attached hydrogen (secondary N) is 1. The molecule has 0 heterocycles. The Kier molecular flexibility index (Phi) is 3.78. The van der Waals surface area contributed by atoms with Crippen LogP contribution in [0.2, 0.25) is 0 Å². The van der Waals surface area contributed by atoms with Crippen molar-refractivity contribution in [2.75, 3.05) is 0 Å². The molecule has 0 aromatic heterocycles. The Labute approximate surface area is 98.8 Å². The molecule has 0 atom stereocenters. The van der Waals surface area contributed by atoms with Crippen LogP contribution in [0, 0.1) is 0 Å². The fourth-order valence-corrected chi connectivity index (χ4v) is 3.09. The smallest absolute Gasteiger partial charge is 0.0458 e. The number of hydrogen-bond acceptors (Lipinski definition) is 2. The van der Waals surface area contributed by atoms with E-state index in [9.17, 15) is 0 Å². The Morgan fingerprint density at radius 3 is 2.67 bits per heavy atom. The summed E-state index contributed by atoms with van der Waals surface area (Å²) in [7, 11) is 0. The van der Waals surface area contributed by atoms with Crippen molar-refractivity contribution in [3.63, 3.8) is 0 Å². The predicted molar refractivity (Wildman–Crippen MR) is 64.0 cm³/mol. The van der Waals surface area contributed by atoms with Gasteiger partial charge in [-0.05, 0) is 36.0 Å². The summed E-state index contributed by atoms with van der Waals surface area (Å²) in [6.45, 7) is 0.504. The summed E-state index contributed by atoms with van der Waals surface area (Å²) in [4.78, 5) is 0. The second kappa shape index (κ2) is 5.10. The van der Waals surface area contributed by atoms with Gasteiger partial charge >= 0.3 is 0 Å². The minimum Gasteiger partial charge on any atom is -0.316 e. The van der Waals surface area contributed by atoms with Crippen molar-refractivity contribution in [2.24, 2.45) is 0 Å². The van der Waals surface area contributed by atoms with E-state index < -0.39 is 0 Å². The molecule has 0 spiro atoms. The third-order valence-corrected chi connectivity index (χ3v) is 3.83. The first kappa shape index (κ1) is 11.1. The van der Waals surface area contributed by atoms with Crippen LogP contribution in [0.15, 0.2) is 22.7 Å². The molecule has 2 rings (SSSR count). The van der Waals surface area contributed by atoms with Crippen molar-refractivity contribution in [3.05, 3.63) is 33.8 Å². The molecule has 1 fully saturated rings. The molecule has 15 heavy (non-hydrogen) atoms. The first-order valence-electron chi connectivity index (χ1n) is 5.46. The largest absolute Gasteiger partial charge is 0.316 e. The van der Waals surface area contributed by atoms with E-state index in [-0.39, 0.29) is 0 Å². The zero-order chi connectivity index (χ0) is 10.7. The average Bonchev–Trinajstić information content (AvgIpc) is 2.71. The SMILES string of the molecule is ONCc1ccc(C2CCCC2)c(Br)c1. The summed E-state index contributed by atoms with van der Waals surface area (Å²) >= 11 is 3.62. The number of rotatable bonds is 3. The molecule has 1 aliphatic carbocycles. The molecule has 1 aromatic carbocycles. The molecule has 1 saturated carbocycles. The van der Waals surface area contributed by atoms with Crippen LogP contribution in [0.3, 0.4) is 0 Å². The Morgan fingerprint density at radius 2 is 2.07 bits per heavy atom. The zero-order valence-electron chi connectivity index (χ0n) is 8.67. The van der Waals surface area contributed by atoms with Crippen LogP contribution >= 0.6 is 15.9 Å².